The average Bonchev–Trinajstić information content (AvgIpc) is 2.37. The normalized spacial score (nSPS) is 23.4. The number of rotatable bonds is 0. The van der Waals surface area contributed by atoms with Crippen LogP contribution >= 0.6 is 0 Å². The summed E-state index contributed by atoms with van der Waals surface area (Å²) in [6.07, 6.45) is 13.0. The van der Waals surface area contributed by atoms with Crippen LogP contribution in [-0.2, 0) is 14.6 Å². The molecule has 3 nitrogen and oxygen atoms in total. The van der Waals surface area contributed by atoms with Crippen molar-refractivity contribution in [1.82, 2.24) is 0 Å². The van der Waals surface area contributed by atoms with Crippen molar-refractivity contribution in [3.05, 3.63) is 0 Å². The van der Waals surface area contributed by atoms with Gasteiger partial charge in [0.2, 0.25) is 0 Å². The van der Waals surface area contributed by atoms with Gasteiger partial charge in [-0.3, -0.25) is 4.79 Å². The second-order valence-electron chi connectivity index (χ2n) is 5.22. The first kappa shape index (κ1) is 15.6. The van der Waals surface area contributed by atoms with Gasteiger partial charge >= 0.3 is 0 Å². The van der Waals surface area contributed by atoms with Crippen LogP contribution in [0.25, 0.3) is 0 Å². The highest BCUT2D eigenvalue weighted by Crippen LogP contribution is 2.11. The van der Waals surface area contributed by atoms with Crippen molar-refractivity contribution in [2.24, 2.45) is 0 Å². The molecule has 0 spiro atoms. The van der Waals surface area contributed by atoms with Gasteiger partial charge in [0.1, 0.15) is 5.78 Å². The fourth-order valence-electron chi connectivity index (χ4n) is 2.27. The molecule has 106 valence electrons. The zero-order valence-electron chi connectivity index (χ0n) is 11.6. The first-order chi connectivity index (χ1) is 8.89. The number of carbonyl (C=O) groups excluding carboxylic acids is 1. The molecule has 0 bridgehead atoms. The van der Waals surface area contributed by atoms with Crippen molar-refractivity contribution in [2.75, 3.05) is 13.2 Å². The number of carbonyl (C=O) groups is 1. The van der Waals surface area contributed by atoms with Crippen LogP contribution in [0.2, 0.25) is 0 Å². The number of Topliss-reactive ketones (excluding diaryl/α,β-unsaturated/α-hetero) is 1. The molecule has 0 aromatic heterocycles. The Morgan fingerprint density at radius 2 is 0.944 bits per heavy atom. The van der Waals surface area contributed by atoms with Crippen molar-refractivity contribution in [3.8, 4) is 0 Å². The van der Waals surface area contributed by atoms with Crippen molar-refractivity contribution < 1.29 is 14.6 Å². The number of hydrogen-bond acceptors (Lipinski definition) is 3. The molecular formula is C15H28O3. The number of hydrogen-bond donors (Lipinski definition) is 0. The lowest BCUT2D eigenvalue weighted by atomic mass is 10.0. The van der Waals surface area contributed by atoms with E-state index < -0.39 is 0 Å². The van der Waals surface area contributed by atoms with E-state index in [0.29, 0.717) is 12.4 Å². The smallest absolute Gasteiger partial charge is 0.132 e. The summed E-state index contributed by atoms with van der Waals surface area (Å²) < 4.78 is 0. The van der Waals surface area contributed by atoms with Gasteiger partial charge in [-0.15, -0.1) is 0 Å². The molecule has 1 fully saturated rings. The molecule has 1 aliphatic rings. The Morgan fingerprint density at radius 1 is 0.556 bits per heavy atom. The molecule has 0 aromatic carbocycles. The fraction of sp³-hybridized carbons (Fsp3) is 0.933. The summed E-state index contributed by atoms with van der Waals surface area (Å²) in [4.78, 5) is 21.8. The van der Waals surface area contributed by atoms with Crippen LogP contribution in [0.4, 0.5) is 0 Å². The first-order valence-corrected chi connectivity index (χ1v) is 7.66. The molecule has 1 rings (SSSR count). The molecule has 0 aliphatic carbocycles. The van der Waals surface area contributed by atoms with Crippen molar-refractivity contribution in [1.29, 1.82) is 0 Å². The molecule has 1 aliphatic heterocycles. The van der Waals surface area contributed by atoms with E-state index >= 15 is 0 Å². The molecule has 3 heteroatoms. The van der Waals surface area contributed by atoms with Gasteiger partial charge < -0.3 is 0 Å². The molecular weight excluding hydrogens is 228 g/mol. The Kier molecular flexibility index (Phi) is 10.1. The third-order valence-corrected chi connectivity index (χ3v) is 3.45. The fourth-order valence-corrected chi connectivity index (χ4v) is 2.27. The van der Waals surface area contributed by atoms with E-state index in [4.69, 9.17) is 9.78 Å². The molecule has 0 unspecified atom stereocenters. The summed E-state index contributed by atoms with van der Waals surface area (Å²) >= 11 is 0. The first-order valence-electron chi connectivity index (χ1n) is 7.66. The van der Waals surface area contributed by atoms with Crippen LogP contribution < -0.4 is 0 Å². The average molecular weight is 256 g/mol. The van der Waals surface area contributed by atoms with E-state index in [0.717, 1.165) is 58.0 Å². The molecule has 0 N–H and O–H groups in total. The SMILES string of the molecule is O=C1CCCCCCCCOOCCCCCC1. The Morgan fingerprint density at radius 3 is 1.44 bits per heavy atom. The molecule has 1 heterocycles. The highest BCUT2D eigenvalue weighted by atomic mass is 17.2. The minimum atomic E-state index is 0.457. The van der Waals surface area contributed by atoms with E-state index in [1.165, 1.54) is 25.7 Å². The van der Waals surface area contributed by atoms with Crippen LogP contribution in [0.5, 0.6) is 0 Å². The monoisotopic (exact) mass is 256 g/mol. The summed E-state index contributed by atoms with van der Waals surface area (Å²) in [6, 6.07) is 0. The van der Waals surface area contributed by atoms with Gasteiger partial charge in [0.05, 0.1) is 13.2 Å². The van der Waals surface area contributed by atoms with Gasteiger partial charge in [-0.2, -0.15) is 0 Å². The van der Waals surface area contributed by atoms with Crippen LogP contribution in [-0.4, -0.2) is 19.0 Å². The van der Waals surface area contributed by atoms with Gasteiger partial charge in [-0.1, -0.05) is 38.5 Å². The maximum atomic E-state index is 11.6. The summed E-state index contributed by atoms with van der Waals surface area (Å²) in [7, 11) is 0. The Hall–Kier alpha value is -0.410. The highest BCUT2D eigenvalue weighted by molar-refractivity contribution is 5.78. The third-order valence-electron chi connectivity index (χ3n) is 3.45. The van der Waals surface area contributed by atoms with Crippen LogP contribution in [0.15, 0.2) is 0 Å². The topological polar surface area (TPSA) is 35.5 Å². The van der Waals surface area contributed by atoms with Crippen LogP contribution in [0.3, 0.4) is 0 Å². The van der Waals surface area contributed by atoms with Gasteiger partial charge in [0.25, 0.3) is 0 Å². The Balaban J connectivity index is 2.11. The van der Waals surface area contributed by atoms with Crippen molar-refractivity contribution in [2.45, 2.75) is 77.0 Å². The molecule has 0 amide bonds. The van der Waals surface area contributed by atoms with Gasteiger partial charge in [-0.05, 0) is 25.7 Å². The molecule has 0 saturated carbocycles. The highest BCUT2D eigenvalue weighted by Gasteiger charge is 2.02. The minimum Gasteiger partial charge on any atom is -0.300 e. The summed E-state index contributed by atoms with van der Waals surface area (Å²) in [5.41, 5.74) is 0. The van der Waals surface area contributed by atoms with Gasteiger partial charge in [0.15, 0.2) is 0 Å². The molecule has 0 radical (unpaired) electrons. The summed E-state index contributed by atoms with van der Waals surface area (Å²) in [5, 5.41) is 0. The number of ketones is 1. The summed E-state index contributed by atoms with van der Waals surface area (Å²) in [5.74, 6) is 0.457. The second-order valence-corrected chi connectivity index (χ2v) is 5.22. The third kappa shape index (κ3) is 9.60. The second kappa shape index (κ2) is 11.7. The Labute approximate surface area is 111 Å². The summed E-state index contributed by atoms with van der Waals surface area (Å²) in [6.45, 7) is 1.41. The van der Waals surface area contributed by atoms with E-state index in [1.807, 2.05) is 0 Å². The quantitative estimate of drug-likeness (QED) is 0.609. The van der Waals surface area contributed by atoms with Crippen LogP contribution in [0, 0.1) is 0 Å². The molecule has 0 aromatic rings. The molecule has 1 saturated heterocycles. The zero-order valence-corrected chi connectivity index (χ0v) is 11.6. The minimum absolute atomic E-state index is 0.457. The molecule has 18 heavy (non-hydrogen) atoms. The van der Waals surface area contributed by atoms with Crippen LogP contribution in [0.1, 0.15) is 77.0 Å². The van der Waals surface area contributed by atoms with E-state index in [-0.39, 0.29) is 0 Å². The van der Waals surface area contributed by atoms with Gasteiger partial charge in [0, 0.05) is 12.8 Å². The standard InChI is InChI=1S/C15H28O3/c16-15-11-7-3-1-2-5-9-13-17-18-14-10-6-4-8-12-15/h1-14H2. The predicted molar refractivity (Wildman–Crippen MR) is 72.3 cm³/mol. The predicted octanol–water partition coefficient (Wildman–Crippen LogP) is 4.20. The lowest BCUT2D eigenvalue weighted by Gasteiger charge is -2.04. The zero-order chi connectivity index (χ0) is 12.9. The van der Waals surface area contributed by atoms with E-state index in [2.05, 4.69) is 0 Å². The van der Waals surface area contributed by atoms with E-state index in [1.54, 1.807) is 0 Å². The Bertz CT molecular complexity index is 184. The van der Waals surface area contributed by atoms with Crippen molar-refractivity contribution in [3.63, 3.8) is 0 Å². The maximum Gasteiger partial charge on any atom is 0.132 e. The molecule has 0 atom stereocenters. The van der Waals surface area contributed by atoms with E-state index in [9.17, 15) is 4.79 Å². The van der Waals surface area contributed by atoms with Crippen molar-refractivity contribution >= 4 is 5.78 Å². The van der Waals surface area contributed by atoms with Gasteiger partial charge in [-0.25, -0.2) is 9.78 Å². The lowest BCUT2D eigenvalue weighted by Crippen LogP contribution is -1.99. The lowest BCUT2D eigenvalue weighted by molar-refractivity contribution is -0.295. The largest absolute Gasteiger partial charge is 0.300 e. The maximum absolute atomic E-state index is 11.6.